The van der Waals surface area contributed by atoms with E-state index in [1.54, 1.807) is 33.5 Å². The smallest absolute Gasteiger partial charge is 1.00 e. The maximum atomic E-state index is 5.02. The number of ether oxygens (including phenoxy) is 3. The first-order valence-electron chi connectivity index (χ1n) is 3.49. The zero-order valence-corrected chi connectivity index (χ0v) is 11.5. The van der Waals surface area contributed by atoms with E-state index in [9.17, 15) is 0 Å². The van der Waals surface area contributed by atoms with Gasteiger partial charge in [-0.2, -0.15) is 0 Å². The minimum atomic E-state index is 0. The average molecular weight is 271 g/mol. The molecule has 0 saturated carbocycles. The summed E-state index contributed by atoms with van der Waals surface area (Å²) in [4.78, 5) is 0. The van der Waals surface area contributed by atoms with Gasteiger partial charge < -0.3 is 31.2 Å². The third-order valence-electron chi connectivity index (χ3n) is 1.47. The molecule has 1 aromatic carbocycles. The zero-order valence-electron chi connectivity index (χ0n) is 8.46. The summed E-state index contributed by atoms with van der Waals surface area (Å²) in [6.07, 6.45) is 0. The molecule has 14 heavy (non-hydrogen) atoms. The molecule has 0 amide bonds. The van der Waals surface area contributed by atoms with Crippen molar-refractivity contribution >= 4 is 23.1 Å². The molecular weight excluding hydrogens is 260 g/mol. The Kier molecular flexibility index (Phi) is 9.55. The maximum absolute atomic E-state index is 5.02. The van der Waals surface area contributed by atoms with Crippen molar-refractivity contribution in [1.29, 1.82) is 0 Å². The van der Waals surface area contributed by atoms with Gasteiger partial charge in [0, 0.05) is 17.2 Å². The van der Waals surface area contributed by atoms with Crippen LogP contribution in [0.3, 0.4) is 0 Å². The van der Waals surface area contributed by atoms with Crippen LogP contribution in [-0.2, 0) is 0 Å². The first-order chi connectivity index (χ1) is 5.80. The SMILES string of the molecule is COc1[c-]c(OC)cc(OC)c1.[Br-].[Mg+2]. The van der Waals surface area contributed by atoms with E-state index in [0.717, 1.165) is 0 Å². The molecule has 0 bridgehead atoms. The summed E-state index contributed by atoms with van der Waals surface area (Å²) in [5.74, 6) is 1.90. The number of methoxy groups -OCH3 is 3. The van der Waals surface area contributed by atoms with Crippen molar-refractivity contribution in [1.82, 2.24) is 0 Å². The molecule has 0 atom stereocenters. The Labute approximate surface area is 111 Å². The van der Waals surface area contributed by atoms with Crippen molar-refractivity contribution in [2.45, 2.75) is 0 Å². The topological polar surface area (TPSA) is 27.7 Å². The van der Waals surface area contributed by atoms with Gasteiger partial charge in [-0.1, -0.05) is 18.2 Å². The van der Waals surface area contributed by atoms with E-state index >= 15 is 0 Å². The van der Waals surface area contributed by atoms with Crippen LogP contribution >= 0.6 is 0 Å². The Bertz CT molecular complexity index is 213. The van der Waals surface area contributed by atoms with Crippen LogP contribution in [-0.4, -0.2) is 44.4 Å². The van der Waals surface area contributed by atoms with E-state index in [0.29, 0.717) is 17.2 Å². The van der Waals surface area contributed by atoms with E-state index in [-0.39, 0.29) is 40.0 Å². The molecule has 0 radical (unpaired) electrons. The van der Waals surface area contributed by atoms with E-state index < -0.39 is 0 Å². The third-order valence-corrected chi connectivity index (χ3v) is 1.47. The van der Waals surface area contributed by atoms with Gasteiger partial charge in [-0.05, 0) is 0 Å². The van der Waals surface area contributed by atoms with Gasteiger partial charge in [-0.15, -0.1) is 0 Å². The van der Waals surface area contributed by atoms with Crippen LogP contribution in [0.4, 0.5) is 0 Å². The average Bonchev–Trinajstić information content (AvgIpc) is 2.16. The molecule has 5 heteroatoms. The number of hydrogen-bond donors (Lipinski definition) is 0. The molecule has 0 saturated heterocycles. The van der Waals surface area contributed by atoms with Crippen molar-refractivity contribution in [3.05, 3.63) is 18.2 Å². The van der Waals surface area contributed by atoms with Crippen molar-refractivity contribution in [3.63, 3.8) is 0 Å². The van der Waals surface area contributed by atoms with Crippen molar-refractivity contribution in [2.75, 3.05) is 21.3 Å². The van der Waals surface area contributed by atoms with Gasteiger partial charge in [0.25, 0.3) is 0 Å². The van der Waals surface area contributed by atoms with Gasteiger partial charge in [-0.3, -0.25) is 0 Å². The number of rotatable bonds is 3. The molecule has 1 aromatic rings. The summed E-state index contributed by atoms with van der Waals surface area (Å²) >= 11 is 0. The standard InChI is InChI=1S/C9H11O3.BrH.Mg/c1-10-7-4-8(11-2)6-9(5-7)12-3;;/h4-5H,1-3H3;1H;/q-1;;+2/p-1. The molecule has 0 N–H and O–H groups in total. The van der Waals surface area contributed by atoms with Crippen LogP contribution in [0.1, 0.15) is 0 Å². The largest absolute Gasteiger partial charge is 2.00 e. The summed E-state index contributed by atoms with van der Waals surface area (Å²) in [6, 6.07) is 6.37. The normalized spacial score (nSPS) is 7.93. The molecule has 0 unspecified atom stereocenters. The second-order valence-electron chi connectivity index (χ2n) is 2.16. The first-order valence-corrected chi connectivity index (χ1v) is 3.49. The van der Waals surface area contributed by atoms with Crippen LogP contribution in [0.25, 0.3) is 0 Å². The summed E-state index contributed by atoms with van der Waals surface area (Å²) in [5, 5.41) is 0. The van der Waals surface area contributed by atoms with Gasteiger partial charge >= 0.3 is 23.1 Å². The zero-order chi connectivity index (χ0) is 8.97. The molecular formula is C9H11BrMgO3. The van der Waals surface area contributed by atoms with Gasteiger partial charge in [0.1, 0.15) is 0 Å². The fraction of sp³-hybridized carbons (Fsp3) is 0.333. The second-order valence-corrected chi connectivity index (χ2v) is 2.16. The van der Waals surface area contributed by atoms with E-state index in [2.05, 4.69) is 6.07 Å². The number of hydrogen-bond acceptors (Lipinski definition) is 3. The predicted molar refractivity (Wildman–Crippen MR) is 50.7 cm³/mol. The summed E-state index contributed by atoms with van der Waals surface area (Å²) in [7, 11) is 4.74. The Morgan fingerprint density at radius 3 is 1.64 bits per heavy atom. The van der Waals surface area contributed by atoms with E-state index in [1.807, 2.05) is 0 Å². The summed E-state index contributed by atoms with van der Waals surface area (Å²) < 4.78 is 15.0. The Balaban J connectivity index is 0. The second kappa shape index (κ2) is 8.20. The Morgan fingerprint density at radius 1 is 0.929 bits per heavy atom. The molecule has 3 nitrogen and oxygen atoms in total. The molecule has 0 aliphatic heterocycles. The molecule has 0 aromatic heterocycles. The summed E-state index contributed by atoms with van der Waals surface area (Å²) in [6.45, 7) is 0. The Morgan fingerprint density at radius 2 is 1.36 bits per heavy atom. The monoisotopic (exact) mass is 270 g/mol. The van der Waals surface area contributed by atoms with Gasteiger partial charge in [-0.25, -0.2) is 0 Å². The summed E-state index contributed by atoms with van der Waals surface area (Å²) in [5.41, 5.74) is 0. The predicted octanol–water partition coefficient (Wildman–Crippen LogP) is -1.86. The fourth-order valence-corrected chi connectivity index (χ4v) is 0.831. The molecule has 0 aliphatic carbocycles. The third kappa shape index (κ3) is 4.39. The van der Waals surface area contributed by atoms with Crippen molar-refractivity contribution in [3.8, 4) is 17.2 Å². The quantitative estimate of drug-likeness (QED) is 0.476. The van der Waals surface area contributed by atoms with Crippen LogP contribution in [0.5, 0.6) is 17.2 Å². The van der Waals surface area contributed by atoms with Crippen LogP contribution in [0.2, 0.25) is 0 Å². The Hall–Kier alpha value is -0.134. The molecule has 1 rings (SSSR count). The molecule has 0 spiro atoms. The van der Waals surface area contributed by atoms with Gasteiger partial charge in [0.05, 0.1) is 21.3 Å². The van der Waals surface area contributed by atoms with Crippen LogP contribution in [0.15, 0.2) is 12.1 Å². The maximum Gasteiger partial charge on any atom is 2.00 e. The number of halogens is 1. The van der Waals surface area contributed by atoms with E-state index in [1.165, 1.54) is 0 Å². The fourth-order valence-electron chi connectivity index (χ4n) is 0.831. The minimum absolute atomic E-state index is 0. The number of benzene rings is 1. The van der Waals surface area contributed by atoms with Gasteiger partial charge in [0.2, 0.25) is 0 Å². The van der Waals surface area contributed by atoms with Crippen LogP contribution in [0, 0.1) is 6.07 Å². The van der Waals surface area contributed by atoms with Gasteiger partial charge in [0.15, 0.2) is 0 Å². The van der Waals surface area contributed by atoms with Crippen LogP contribution < -0.4 is 31.2 Å². The molecule has 74 valence electrons. The molecule has 0 heterocycles. The minimum Gasteiger partial charge on any atom is -1.00 e. The first kappa shape index (κ1) is 16.3. The van der Waals surface area contributed by atoms with Crippen molar-refractivity contribution in [2.24, 2.45) is 0 Å². The van der Waals surface area contributed by atoms with E-state index in [4.69, 9.17) is 14.2 Å². The van der Waals surface area contributed by atoms with Crippen molar-refractivity contribution < 1.29 is 31.2 Å². The molecule has 0 fully saturated rings. The molecule has 0 aliphatic rings.